The number of rotatable bonds is 3. The lowest BCUT2D eigenvalue weighted by Gasteiger charge is -2.19. The molecule has 2 aliphatic heterocycles. The Hall–Kier alpha value is -2.28. The van der Waals surface area contributed by atoms with Gasteiger partial charge in [0.25, 0.3) is 0 Å². The number of allylic oxidation sites excluding steroid dienone is 2. The molecule has 1 aromatic rings. The molecule has 0 aliphatic carbocycles. The molecule has 1 N–H and O–H groups in total. The molecular formula is C16H21N5O2. The summed E-state index contributed by atoms with van der Waals surface area (Å²) >= 11 is 0. The van der Waals surface area contributed by atoms with Gasteiger partial charge < -0.3 is 10.1 Å². The van der Waals surface area contributed by atoms with Crippen molar-refractivity contribution < 1.29 is 9.53 Å². The average Bonchev–Trinajstić information content (AvgIpc) is 3.19. The maximum absolute atomic E-state index is 12.2. The molecule has 0 saturated carbocycles. The first-order valence-corrected chi connectivity index (χ1v) is 7.90. The fourth-order valence-electron chi connectivity index (χ4n) is 2.90. The summed E-state index contributed by atoms with van der Waals surface area (Å²) in [5.74, 6) is 0.223. The Labute approximate surface area is 135 Å². The normalized spacial score (nSPS) is 24.5. The molecule has 3 heterocycles. The monoisotopic (exact) mass is 315 g/mol. The van der Waals surface area contributed by atoms with E-state index in [0.29, 0.717) is 19.0 Å². The van der Waals surface area contributed by atoms with E-state index in [0.717, 1.165) is 24.4 Å². The zero-order valence-electron chi connectivity index (χ0n) is 13.4. The summed E-state index contributed by atoms with van der Waals surface area (Å²) < 4.78 is 6.98. The van der Waals surface area contributed by atoms with Crippen LogP contribution in [0, 0.1) is 5.92 Å². The van der Waals surface area contributed by atoms with Crippen LogP contribution in [0.2, 0.25) is 0 Å². The molecule has 7 nitrogen and oxygen atoms in total. The van der Waals surface area contributed by atoms with Gasteiger partial charge in [-0.1, -0.05) is 6.08 Å². The third kappa shape index (κ3) is 3.39. The number of nitrogens with one attached hydrogen (secondary N) is 1. The molecule has 0 spiro atoms. The summed E-state index contributed by atoms with van der Waals surface area (Å²) in [4.78, 5) is 25.5. The van der Waals surface area contributed by atoms with Crippen molar-refractivity contribution in [2.24, 2.45) is 15.9 Å². The first-order chi connectivity index (χ1) is 11.2. The Morgan fingerprint density at radius 2 is 2.35 bits per heavy atom. The summed E-state index contributed by atoms with van der Waals surface area (Å²) in [6.07, 6.45) is 8.64. The number of carbonyl (C=O) groups is 1. The Kier molecular flexibility index (Phi) is 4.66. The van der Waals surface area contributed by atoms with E-state index in [1.54, 1.807) is 17.1 Å². The minimum atomic E-state index is -0.190. The largest absolute Gasteiger partial charge is 0.466 e. The second-order valence-electron chi connectivity index (χ2n) is 5.61. The van der Waals surface area contributed by atoms with Crippen LogP contribution >= 0.6 is 0 Å². The Morgan fingerprint density at radius 1 is 1.48 bits per heavy atom. The van der Waals surface area contributed by atoms with Crippen molar-refractivity contribution in [3.8, 4) is 0 Å². The maximum Gasteiger partial charge on any atom is 0.310 e. The van der Waals surface area contributed by atoms with Crippen LogP contribution in [0.3, 0.4) is 0 Å². The minimum Gasteiger partial charge on any atom is -0.466 e. The quantitative estimate of drug-likeness (QED) is 0.854. The minimum absolute atomic E-state index is 0.107. The summed E-state index contributed by atoms with van der Waals surface area (Å²) in [5.41, 5.74) is 1.81. The van der Waals surface area contributed by atoms with Crippen molar-refractivity contribution in [2.75, 3.05) is 13.2 Å². The smallest absolute Gasteiger partial charge is 0.310 e. The van der Waals surface area contributed by atoms with Gasteiger partial charge in [-0.25, -0.2) is 15.0 Å². The molecule has 7 heteroatoms. The first kappa shape index (κ1) is 15.6. The summed E-state index contributed by atoms with van der Waals surface area (Å²) in [6.45, 7) is 4.96. The number of imidazole rings is 1. The van der Waals surface area contributed by atoms with Crippen molar-refractivity contribution in [3.63, 3.8) is 0 Å². The Balaban J connectivity index is 1.89. The molecule has 23 heavy (non-hydrogen) atoms. The van der Waals surface area contributed by atoms with E-state index in [1.165, 1.54) is 0 Å². The van der Waals surface area contributed by atoms with Gasteiger partial charge in [-0.3, -0.25) is 9.36 Å². The van der Waals surface area contributed by atoms with E-state index >= 15 is 0 Å². The number of nitrogens with zero attached hydrogens (tertiary/aromatic N) is 4. The zero-order valence-corrected chi connectivity index (χ0v) is 13.4. The highest BCUT2D eigenvalue weighted by atomic mass is 16.5. The van der Waals surface area contributed by atoms with E-state index < -0.39 is 0 Å². The van der Waals surface area contributed by atoms with Crippen LogP contribution in [-0.2, 0) is 9.53 Å². The highest BCUT2D eigenvalue weighted by Crippen LogP contribution is 2.22. The molecule has 2 aliphatic rings. The van der Waals surface area contributed by atoms with Crippen LogP contribution in [0.25, 0.3) is 0 Å². The van der Waals surface area contributed by atoms with Crippen LogP contribution < -0.4 is 5.32 Å². The number of carbonyl (C=O) groups excluding carboxylic acids is 1. The van der Waals surface area contributed by atoms with Gasteiger partial charge >= 0.3 is 5.97 Å². The Bertz CT molecular complexity index is 660. The van der Waals surface area contributed by atoms with E-state index in [9.17, 15) is 4.79 Å². The SMILES string of the molecule is CCOC(=O)C1CCNC1C1=NC(n2ccnc2)=NC(C)=CC1. The molecule has 1 aromatic heterocycles. The van der Waals surface area contributed by atoms with Crippen LogP contribution in [0.5, 0.6) is 0 Å². The lowest BCUT2D eigenvalue weighted by Crippen LogP contribution is -2.40. The summed E-state index contributed by atoms with van der Waals surface area (Å²) in [5, 5.41) is 3.38. The van der Waals surface area contributed by atoms with Crippen molar-refractivity contribution in [1.82, 2.24) is 14.9 Å². The number of hydrogen-bond acceptors (Lipinski definition) is 6. The van der Waals surface area contributed by atoms with Crippen molar-refractivity contribution >= 4 is 17.6 Å². The molecule has 1 saturated heterocycles. The van der Waals surface area contributed by atoms with Crippen LogP contribution in [-0.4, -0.2) is 46.4 Å². The fourth-order valence-corrected chi connectivity index (χ4v) is 2.90. The van der Waals surface area contributed by atoms with Gasteiger partial charge in [0, 0.05) is 30.2 Å². The molecule has 0 radical (unpaired) electrons. The predicted octanol–water partition coefficient (Wildman–Crippen LogP) is 1.38. The van der Waals surface area contributed by atoms with Crippen LogP contribution in [0.15, 0.2) is 40.5 Å². The predicted molar refractivity (Wildman–Crippen MR) is 87.4 cm³/mol. The van der Waals surface area contributed by atoms with Crippen LogP contribution in [0.1, 0.15) is 26.7 Å². The molecule has 3 rings (SSSR count). The molecule has 1 fully saturated rings. The lowest BCUT2D eigenvalue weighted by atomic mass is 9.95. The first-order valence-electron chi connectivity index (χ1n) is 7.90. The topological polar surface area (TPSA) is 80.9 Å². The lowest BCUT2D eigenvalue weighted by molar-refractivity contribution is -0.147. The van der Waals surface area contributed by atoms with E-state index in [1.807, 2.05) is 26.1 Å². The molecule has 0 amide bonds. The van der Waals surface area contributed by atoms with Gasteiger partial charge in [-0.2, -0.15) is 0 Å². The molecule has 2 unspecified atom stereocenters. The second-order valence-corrected chi connectivity index (χ2v) is 5.61. The number of hydrogen-bond donors (Lipinski definition) is 1. The van der Waals surface area contributed by atoms with E-state index in [-0.39, 0.29) is 17.9 Å². The van der Waals surface area contributed by atoms with Gasteiger partial charge in [0.1, 0.15) is 6.33 Å². The maximum atomic E-state index is 12.2. The van der Waals surface area contributed by atoms with E-state index in [2.05, 4.69) is 15.3 Å². The number of ether oxygens (including phenoxy) is 1. The van der Waals surface area contributed by atoms with Gasteiger partial charge in [0.05, 0.1) is 18.6 Å². The number of aliphatic imine (C=N–C) groups is 2. The average molecular weight is 315 g/mol. The number of aromatic nitrogens is 2. The van der Waals surface area contributed by atoms with Crippen molar-refractivity contribution in [2.45, 2.75) is 32.7 Å². The standard InChI is InChI=1S/C16H21N5O2/c1-3-23-15(22)12-6-7-18-14(12)13-5-4-11(2)19-16(20-13)21-9-8-17-10-21/h4,8-10,12,14,18H,3,5-7H2,1-2H3. The fraction of sp³-hybridized carbons (Fsp3) is 0.500. The summed E-state index contributed by atoms with van der Waals surface area (Å²) in [7, 11) is 0. The second kappa shape index (κ2) is 6.87. The molecule has 122 valence electrons. The number of esters is 1. The van der Waals surface area contributed by atoms with Crippen LogP contribution in [0.4, 0.5) is 0 Å². The molecule has 2 atom stereocenters. The van der Waals surface area contributed by atoms with Gasteiger partial charge in [-0.15, -0.1) is 0 Å². The Morgan fingerprint density at radius 3 is 3.09 bits per heavy atom. The molecule has 0 bridgehead atoms. The molecule has 0 aromatic carbocycles. The van der Waals surface area contributed by atoms with Gasteiger partial charge in [0.2, 0.25) is 5.96 Å². The highest BCUT2D eigenvalue weighted by Gasteiger charge is 2.37. The zero-order chi connectivity index (χ0) is 16.2. The van der Waals surface area contributed by atoms with Gasteiger partial charge in [-0.05, 0) is 26.8 Å². The van der Waals surface area contributed by atoms with E-state index in [4.69, 9.17) is 9.73 Å². The molecular weight excluding hydrogens is 294 g/mol. The highest BCUT2D eigenvalue weighted by molar-refractivity contribution is 6.04. The van der Waals surface area contributed by atoms with Crippen molar-refractivity contribution in [3.05, 3.63) is 30.5 Å². The van der Waals surface area contributed by atoms with Gasteiger partial charge in [0.15, 0.2) is 0 Å². The third-order valence-electron chi connectivity index (χ3n) is 4.03. The third-order valence-corrected chi connectivity index (χ3v) is 4.03. The summed E-state index contributed by atoms with van der Waals surface area (Å²) in [6, 6.07) is -0.107. The van der Waals surface area contributed by atoms with Crippen molar-refractivity contribution in [1.29, 1.82) is 0 Å².